The van der Waals surface area contributed by atoms with Crippen molar-refractivity contribution < 1.29 is 4.39 Å². The summed E-state index contributed by atoms with van der Waals surface area (Å²) in [7, 11) is 0. The van der Waals surface area contributed by atoms with Gasteiger partial charge in [-0.15, -0.1) is 0 Å². The average Bonchev–Trinajstić information content (AvgIpc) is 3.18. The summed E-state index contributed by atoms with van der Waals surface area (Å²) in [6.45, 7) is 4.16. The molecule has 0 saturated heterocycles. The maximum atomic E-state index is 13.7. The van der Waals surface area contributed by atoms with Crippen molar-refractivity contribution in [1.82, 2.24) is 9.38 Å². The minimum atomic E-state index is -0.220. The molecule has 2 heterocycles. The number of fused-ring (bicyclic) bond motifs is 3. The molecule has 0 radical (unpaired) electrons. The van der Waals surface area contributed by atoms with Crippen LogP contribution in [0.2, 0.25) is 0 Å². The second-order valence-electron chi connectivity index (χ2n) is 6.87. The minimum absolute atomic E-state index is 0.220. The van der Waals surface area contributed by atoms with Crippen LogP contribution >= 0.6 is 11.3 Å². The standard InChI is InChI=1S/C23H17FN2S/c1-14-3-7-16(8-4-14)21-22(17-9-5-15(2)6-10-17)26-19-12-11-18(24)13-20(19)27-23(26)25-21/h3-13H,1-2H3. The summed E-state index contributed by atoms with van der Waals surface area (Å²) < 4.78 is 16.8. The van der Waals surface area contributed by atoms with E-state index in [9.17, 15) is 4.39 Å². The zero-order valence-electron chi connectivity index (χ0n) is 15.0. The van der Waals surface area contributed by atoms with E-state index in [4.69, 9.17) is 4.98 Å². The van der Waals surface area contributed by atoms with E-state index in [0.29, 0.717) is 0 Å². The zero-order valence-corrected chi connectivity index (χ0v) is 15.8. The molecule has 0 fully saturated rings. The highest BCUT2D eigenvalue weighted by molar-refractivity contribution is 7.23. The Morgan fingerprint density at radius 2 is 1.44 bits per heavy atom. The van der Waals surface area contributed by atoms with Crippen molar-refractivity contribution in [3.63, 3.8) is 0 Å². The third-order valence-electron chi connectivity index (χ3n) is 4.86. The molecule has 27 heavy (non-hydrogen) atoms. The molecule has 0 aliphatic rings. The van der Waals surface area contributed by atoms with Gasteiger partial charge in [0.25, 0.3) is 0 Å². The van der Waals surface area contributed by atoms with E-state index in [1.165, 1.54) is 28.5 Å². The lowest BCUT2D eigenvalue weighted by molar-refractivity contribution is 0.630. The van der Waals surface area contributed by atoms with Crippen LogP contribution in [-0.2, 0) is 0 Å². The van der Waals surface area contributed by atoms with Gasteiger partial charge < -0.3 is 0 Å². The summed E-state index contributed by atoms with van der Waals surface area (Å²) >= 11 is 1.52. The van der Waals surface area contributed by atoms with Crippen LogP contribution in [0.5, 0.6) is 0 Å². The van der Waals surface area contributed by atoms with Gasteiger partial charge in [0.2, 0.25) is 0 Å². The van der Waals surface area contributed by atoms with Gasteiger partial charge in [0.1, 0.15) is 5.82 Å². The normalized spacial score (nSPS) is 11.5. The van der Waals surface area contributed by atoms with E-state index in [0.717, 1.165) is 37.7 Å². The molecule has 5 aromatic rings. The Morgan fingerprint density at radius 3 is 2.11 bits per heavy atom. The molecular weight excluding hydrogens is 355 g/mol. The molecular formula is C23H17FN2S. The van der Waals surface area contributed by atoms with E-state index in [1.807, 2.05) is 6.07 Å². The molecule has 0 aliphatic heterocycles. The highest BCUT2D eigenvalue weighted by Gasteiger charge is 2.19. The van der Waals surface area contributed by atoms with Crippen molar-refractivity contribution in [2.45, 2.75) is 13.8 Å². The predicted octanol–water partition coefficient (Wildman–Crippen LogP) is 6.64. The second-order valence-corrected chi connectivity index (χ2v) is 7.88. The fraction of sp³-hybridized carbons (Fsp3) is 0.0870. The topological polar surface area (TPSA) is 17.3 Å². The Kier molecular flexibility index (Phi) is 3.62. The number of hydrogen-bond acceptors (Lipinski definition) is 2. The van der Waals surface area contributed by atoms with Crippen LogP contribution in [0, 0.1) is 19.7 Å². The van der Waals surface area contributed by atoms with E-state index in [-0.39, 0.29) is 5.82 Å². The molecule has 0 spiro atoms. The van der Waals surface area contributed by atoms with Crippen LogP contribution in [0.4, 0.5) is 4.39 Å². The summed E-state index contributed by atoms with van der Waals surface area (Å²) in [4.78, 5) is 5.81. The van der Waals surface area contributed by atoms with E-state index in [2.05, 4.69) is 66.8 Å². The quantitative estimate of drug-likeness (QED) is 0.339. The van der Waals surface area contributed by atoms with Crippen molar-refractivity contribution in [2.24, 2.45) is 0 Å². The lowest BCUT2D eigenvalue weighted by atomic mass is 10.0. The van der Waals surface area contributed by atoms with Crippen molar-refractivity contribution in [1.29, 1.82) is 0 Å². The Balaban J connectivity index is 1.87. The van der Waals surface area contributed by atoms with Gasteiger partial charge in [-0.05, 0) is 32.0 Å². The highest BCUT2D eigenvalue weighted by atomic mass is 32.1. The van der Waals surface area contributed by atoms with Crippen LogP contribution in [0.1, 0.15) is 11.1 Å². The molecule has 0 N–H and O–H groups in total. The number of halogens is 1. The Bertz CT molecular complexity index is 1280. The molecule has 3 aromatic carbocycles. The number of aryl methyl sites for hydroxylation is 2. The Hall–Kier alpha value is -2.98. The van der Waals surface area contributed by atoms with Crippen molar-refractivity contribution >= 4 is 26.5 Å². The summed E-state index contributed by atoms with van der Waals surface area (Å²) in [5, 5.41) is 0. The number of hydrogen-bond donors (Lipinski definition) is 0. The fourth-order valence-electron chi connectivity index (χ4n) is 3.43. The largest absolute Gasteiger partial charge is 0.282 e. The number of nitrogens with zero attached hydrogens (tertiary/aromatic N) is 2. The summed E-state index contributed by atoms with van der Waals surface area (Å²) in [6.07, 6.45) is 0. The molecule has 0 saturated carbocycles. The molecule has 2 aromatic heterocycles. The first-order valence-corrected chi connectivity index (χ1v) is 9.66. The number of thiazole rings is 1. The number of aromatic nitrogens is 2. The van der Waals surface area contributed by atoms with Gasteiger partial charge in [-0.1, -0.05) is 71.0 Å². The van der Waals surface area contributed by atoms with Gasteiger partial charge in [0, 0.05) is 11.1 Å². The summed E-state index contributed by atoms with van der Waals surface area (Å²) in [5.74, 6) is -0.220. The molecule has 0 amide bonds. The number of rotatable bonds is 2. The molecule has 2 nitrogen and oxygen atoms in total. The third kappa shape index (κ3) is 2.64. The van der Waals surface area contributed by atoms with Crippen molar-refractivity contribution in [3.05, 3.63) is 83.7 Å². The fourth-order valence-corrected chi connectivity index (χ4v) is 4.48. The second kappa shape index (κ2) is 6.03. The van der Waals surface area contributed by atoms with Crippen LogP contribution < -0.4 is 0 Å². The molecule has 0 aliphatic carbocycles. The smallest absolute Gasteiger partial charge is 0.195 e. The number of benzene rings is 3. The van der Waals surface area contributed by atoms with Gasteiger partial charge in [-0.2, -0.15) is 0 Å². The molecule has 0 unspecified atom stereocenters. The van der Waals surface area contributed by atoms with Crippen LogP contribution in [0.25, 0.3) is 37.7 Å². The predicted molar refractivity (Wildman–Crippen MR) is 111 cm³/mol. The van der Waals surface area contributed by atoms with Gasteiger partial charge >= 0.3 is 0 Å². The first-order chi connectivity index (χ1) is 13.1. The van der Waals surface area contributed by atoms with Crippen molar-refractivity contribution in [2.75, 3.05) is 0 Å². The lowest BCUT2D eigenvalue weighted by Crippen LogP contribution is -1.90. The highest BCUT2D eigenvalue weighted by Crippen LogP contribution is 2.38. The maximum absolute atomic E-state index is 13.7. The monoisotopic (exact) mass is 372 g/mol. The zero-order chi connectivity index (χ0) is 18.5. The molecule has 132 valence electrons. The van der Waals surface area contributed by atoms with E-state index >= 15 is 0 Å². The lowest BCUT2D eigenvalue weighted by Gasteiger charge is -2.07. The third-order valence-corrected chi connectivity index (χ3v) is 5.86. The Morgan fingerprint density at radius 1 is 0.815 bits per heavy atom. The molecule has 0 bridgehead atoms. The molecule has 0 atom stereocenters. The van der Waals surface area contributed by atoms with Crippen molar-refractivity contribution in [3.8, 4) is 22.5 Å². The molecule has 4 heteroatoms. The van der Waals surface area contributed by atoms with Crippen LogP contribution in [0.3, 0.4) is 0 Å². The molecule has 5 rings (SSSR count). The van der Waals surface area contributed by atoms with E-state index in [1.54, 1.807) is 6.07 Å². The first kappa shape index (κ1) is 16.2. The number of imidazole rings is 1. The summed E-state index contributed by atoms with van der Waals surface area (Å²) in [6, 6.07) is 21.9. The average molecular weight is 372 g/mol. The summed E-state index contributed by atoms with van der Waals surface area (Å²) in [5.41, 5.74) is 7.61. The maximum Gasteiger partial charge on any atom is 0.195 e. The van der Waals surface area contributed by atoms with Gasteiger partial charge in [-0.25, -0.2) is 9.37 Å². The SMILES string of the molecule is Cc1ccc(-c2nc3sc4cc(F)ccc4n3c2-c2ccc(C)cc2)cc1. The first-order valence-electron chi connectivity index (χ1n) is 8.85. The van der Waals surface area contributed by atoms with Gasteiger partial charge in [0.15, 0.2) is 4.96 Å². The minimum Gasteiger partial charge on any atom is -0.282 e. The van der Waals surface area contributed by atoms with Crippen LogP contribution in [0.15, 0.2) is 66.7 Å². The van der Waals surface area contributed by atoms with E-state index < -0.39 is 0 Å². The van der Waals surface area contributed by atoms with Gasteiger partial charge in [0.05, 0.1) is 21.6 Å². The van der Waals surface area contributed by atoms with Crippen LogP contribution in [-0.4, -0.2) is 9.38 Å². The van der Waals surface area contributed by atoms with Gasteiger partial charge in [-0.3, -0.25) is 4.40 Å². The Labute approximate surface area is 160 Å².